The topological polar surface area (TPSA) is 86.5 Å². The van der Waals surface area contributed by atoms with Gasteiger partial charge in [-0.25, -0.2) is 8.42 Å². The first-order chi connectivity index (χ1) is 11.0. The highest BCUT2D eigenvalue weighted by Gasteiger charge is 2.30. The van der Waals surface area contributed by atoms with E-state index in [1.54, 1.807) is 6.07 Å². The molecule has 1 saturated carbocycles. The second-order valence-electron chi connectivity index (χ2n) is 5.32. The van der Waals surface area contributed by atoms with E-state index in [4.69, 9.17) is 20.9 Å². The zero-order chi connectivity index (χ0) is 16.6. The van der Waals surface area contributed by atoms with Crippen LogP contribution < -0.4 is 4.74 Å². The fourth-order valence-electron chi connectivity index (χ4n) is 2.39. The number of ether oxygens (including phenoxy) is 1. The molecule has 0 atom stereocenters. The third-order valence-corrected chi connectivity index (χ3v) is 4.61. The number of carbonyl (C=O) groups excluding carboxylic acids is 1. The molecule has 1 aromatic heterocycles. The molecule has 2 aromatic rings. The number of hydrogen-bond acceptors (Lipinski definition) is 6. The molecule has 1 aromatic carbocycles. The molecule has 122 valence electrons. The van der Waals surface area contributed by atoms with E-state index in [0.717, 1.165) is 12.8 Å². The highest BCUT2D eigenvalue weighted by Crippen LogP contribution is 2.40. The van der Waals surface area contributed by atoms with Gasteiger partial charge in [0.15, 0.2) is 5.69 Å². The lowest BCUT2D eigenvalue weighted by atomic mass is 10.0. The Hall–Kier alpha value is -1.86. The Morgan fingerprint density at radius 1 is 1.43 bits per heavy atom. The average Bonchev–Trinajstić information content (AvgIpc) is 3.25. The maximum absolute atomic E-state index is 12.6. The summed E-state index contributed by atoms with van der Waals surface area (Å²) in [7, 11) is -1.34. The molecular weight excluding hydrogens is 342 g/mol. The largest absolute Gasteiger partial charge is 0.496 e. The van der Waals surface area contributed by atoms with Crippen molar-refractivity contribution in [2.24, 2.45) is 0 Å². The van der Waals surface area contributed by atoms with E-state index >= 15 is 0 Å². The third-order valence-electron chi connectivity index (χ3n) is 3.68. The number of ketones is 1. The van der Waals surface area contributed by atoms with Crippen LogP contribution in [0.25, 0.3) is 0 Å². The summed E-state index contributed by atoms with van der Waals surface area (Å²) in [5.41, 5.74) is 0.645. The minimum absolute atomic E-state index is 0.151. The van der Waals surface area contributed by atoms with Crippen molar-refractivity contribution in [3.8, 4) is 5.75 Å². The van der Waals surface area contributed by atoms with Crippen molar-refractivity contribution in [2.75, 3.05) is 7.11 Å². The minimum atomic E-state index is -2.71. The normalized spacial score (nSPS) is 14.2. The first-order valence-electron chi connectivity index (χ1n) is 6.99. The molecule has 0 unspecified atom stereocenters. The van der Waals surface area contributed by atoms with E-state index < -0.39 is 16.5 Å². The Morgan fingerprint density at radius 2 is 2.17 bits per heavy atom. The summed E-state index contributed by atoms with van der Waals surface area (Å²) in [6.45, 7) is 0. The summed E-state index contributed by atoms with van der Waals surface area (Å²) in [6.07, 6.45) is 2.07. The van der Waals surface area contributed by atoms with Gasteiger partial charge in [-0.1, -0.05) is 16.8 Å². The molecule has 0 radical (unpaired) electrons. The number of thiol groups is 1. The standard InChI is InChI=1S/C15H14ClNO5S/c1-21-15-9(4-5-11(16)10(15)7-23(19)20)14(18)12-6-13(22-17-12)8-2-3-8/h4-6,8,23H,2-3,7H2,1H3. The van der Waals surface area contributed by atoms with E-state index in [9.17, 15) is 13.2 Å². The molecule has 0 aliphatic heterocycles. The SMILES string of the molecule is COc1c(C(=O)c2cc(C3CC3)on2)ccc(Cl)c1C[SH](=O)=O. The van der Waals surface area contributed by atoms with Crippen molar-refractivity contribution in [1.29, 1.82) is 0 Å². The lowest BCUT2D eigenvalue weighted by molar-refractivity contribution is 0.102. The Labute approximate surface area is 139 Å². The van der Waals surface area contributed by atoms with E-state index in [1.807, 2.05) is 0 Å². The van der Waals surface area contributed by atoms with Gasteiger partial charge in [-0.05, 0) is 25.0 Å². The fourth-order valence-corrected chi connectivity index (χ4v) is 3.27. The maximum atomic E-state index is 12.6. The van der Waals surface area contributed by atoms with Crippen molar-refractivity contribution >= 4 is 28.1 Å². The highest BCUT2D eigenvalue weighted by atomic mass is 35.5. The van der Waals surface area contributed by atoms with Crippen LogP contribution in [0.1, 0.15) is 46.1 Å². The first-order valence-corrected chi connectivity index (χ1v) is 8.73. The molecule has 1 fully saturated rings. The molecule has 0 saturated heterocycles. The number of benzene rings is 1. The van der Waals surface area contributed by atoms with Crippen LogP contribution in [0.4, 0.5) is 0 Å². The molecule has 23 heavy (non-hydrogen) atoms. The van der Waals surface area contributed by atoms with Crippen LogP contribution in [0.3, 0.4) is 0 Å². The molecule has 1 aliphatic rings. The van der Waals surface area contributed by atoms with Gasteiger partial charge in [0.05, 0.1) is 18.4 Å². The van der Waals surface area contributed by atoms with Crippen LogP contribution in [-0.2, 0) is 16.5 Å². The second-order valence-corrected chi connectivity index (χ2v) is 6.70. The van der Waals surface area contributed by atoms with Gasteiger partial charge in [-0.2, -0.15) is 0 Å². The van der Waals surface area contributed by atoms with Gasteiger partial charge >= 0.3 is 0 Å². The Kier molecular flexibility index (Phi) is 4.41. The van der Waals surface area contributed by atoms with Crippen molar-refractivity contribution in [2.45, 2.75) is 24.5 Å². The summed E-state index contributed by atoms with van der Waals surface area (Å²) in [6, 6.07) is 4.60. The molecule has 6 nitrogen and oxygen atoms in total. The van der Waals surface area contributed by atoms with Gasteiger partial charge in [0, 0.05) is 22.6 Å². The van der Waals surface area contributed by atoms with Crippen LogP contribution >= 0.6 is 11.6 Å². The van der Waals surface area contributed by atoms with Gasteiger partial charge in [0.2, 0.25) is 5.78 Å². The van der Waals surface area contributed by atoms with Crippen molar-refractivity contribution in [3.05, 3.63) is 45.8 Å². The number of methoxy groups -OCH3 is 1. The van der Waals surface area contributed by atoms with Crippen LogP contribution in [0.5, 0.6) is 5.75 Å². The molecule has 0 amide bonds. The number of carbonyl (C=O) groups is 1. The number of nitrogens with zero attached hydrogens (tertiary/aromatic N) is 1. The first kappa shape index (κ1) is 16.0. The van der Waals surface area contributed by atoms with Gasteiger partial charge < -0.3 is 9.26 Å². The number of halogens is 1. The van der Waals surface area contributed by atoms with E-state index in [2.05, 4.69) is 5.16 Å². The number of hydrogen-bond donors (Lipinski definition) is 1. The van der Waals surface area contributed by atoms with Gasteiger partial charge in [0.1, 0.15) is 22.2 Å². The zero-order valence-corrected chi connectivity index (χ0v) is 13.9. The van der Waals surface area contributed by atoms with E-state index in [1.165, 1.54) is 19.2 Å². The number of aromatic nitrogens is 1. The molecule has 1 aliphatic carbocycles. The van der Waals surface area contributed by atoms with Crippen molar-refractivity contribution in [3.63, 3.8) is 0 Å². The van der Waals surface area contributed by atoms with Crippen LogP contribution in [0.15, 0.2) is 22.7 Å². The Bertz CT molecular complexity index is 830. The maximum Gasteiger partial charge on any atom is 0.218 e. The summed E-state index contributed by atoms with van der Waals surface area (Å²) in [5.74, 6) is 0.500. The highest BCUT2D eigenvalue weighted by molar-refractivity contribution is 7.71. The fraction of sp³-hybridized carbons (Fsp3) is 0.333. The second kappa shape index (κ2) is 6.33. The van der Waals surface area contributed by atoms with Gasteiger partial charge in [-0.15, -0.1) is 0 Å². The van der Waals surface area contributed by atoms with Gasteiger partial charge in [-0.3, -0.25) is 4.79 Å². The molecular formula is C15H14ClNO5S. The van der Waals surface area contributed by atoms with Crippen molar-refractivity contribution in [1.82, 2.24) is 5.16 Å². The third kappa shape index (κ3) is 3.25. The Morgan fingerprint density at radius 3 is 2.78 bits per heavy atom. The summed E-state index contributed by atoms with van der Waals surface area (Å²) < 4.78 is 32.5. The lowest BCUT2D eigenvalue weighted by Gasteiger charge is -2.12. The van der Waals surface area contributed by atoms with E-state index in [0.29, 0.717) is 11.7 Å². The molecule has 3 rings (SSSR count). The predicted octanol–water partition coefficient (Wildman–Crippen LogP) is 2.56. The summed E-state index contributed by atoms with van der Waals surface area (Å²) in [4.78, 5) is 12.6. The van der Waals surface area contributed by atoms with Crippen molar-refractivity contribution < 1.29 is 22.5 Å². The Balaban J connectivity index is 2.01. The van der Waals surface area contributed by atoms with Gasteiger partial charge in [0.25, 0.3) is 0 Å². The lowest BCUT2D eigenvalue weighted by Crippen LogP contribution is -2.07. The molecule has 8 heteroatoms. The smallest absolute Gasteiger partial charge is 0.218 e. The van der Waals surface area contributed by atoms with Crippen LogP contribution in [0.2, 0.25) is 5.02 Å². The minimum Gasteiger partial charge on any atom is -0.496 e. The van der Waals surface area contributed by atoms with Crippen LogP contribution in [0, 0.1) is 0 Å². The molecule has 0 bridgehead atoms. The molecule has 0 spiro atoms. The predicted molar refractivity (Wildman–Crippen MR) is 83.9 cm³/mol. The number of rotatable bonds is 6. The molecule has 0 N–H and O–H groups in total. The van der Waals surface area contributed by atoms with E-state index in [-0.39, 0.29) is 33.3 Å². The zero-order valence-electron chi connectivity index (χ0n) is 12.2. The quantitative estimate of drug-likeness (QED) is 0.633. The summed E-state index contributed by atoms with van der Waals surface area (Å²) >= 11 is 6.04. The molecule has 1 heterocycles. The van der Waals surface area contributed by atoms with Crippen LogP contribution in [-0.4, -0.2) is 26.5 Å². The monoisotopic (exact) mass is 355 g/mol. The summed E-state index contributed by atoms with van der Waals surface area (Å²) in [5, 5.41) is 4.04. The average molecular weight is 356 g/mol.